The van der Waals surface area contributed by atoms with Crippen LogP contribution < -0.4 is 20.7 Å². The molecule has 19 heteroatoms. The Bertz CT molecular complexity index is 4380. The molecule has 2 aliphatic heterocycles. The molecule has 0 spiro atoms. The van der Waals surface area contributed by atoms with E-state index in [-0.39, 0.29) is 54.0 Å². The van der Waals surface area contributed by atoms with Gasteiger partial charge in [-0.25, -0.2) is 0 Å². The summed E-state index contributed by atoms with van der Waals surface area (Å²) in [6.45, 7) is 5.17. The molecule has 10 rings (SSSR count). The third-order valence-corrected chi connectivity index (χ3v) is 15.6. The predicted octanol–water partition coefficient (Wildman–Crippen LogP) is 11.7. The first kappa shape index (κ1) is 63.4. The summed E-state index contributed by atoms with van der Waals surface area (Å²) in [5.74, 6) is -2.07. The second-order valence-electron chi connectivity index (χ2n) is 21.4. The zero-order valence-electron chi connectivity index (χ0n) is 51.2. The molecule has 2 heterocycles. The summed E-state index contributed by atoms with van der Waals surface area (Å²) in [6, 6.07) is 46.8. The monoisotopic (exact) mass is 1210 g/mol. The first-order valence-electron chi connectivity index (χ1n) is 28.6. The van der Waals surface area contributed by atoms with Gasteiger partial charge in [-0.15, -0.1) is 0 Å². The van der Waals surface area contributed by atoms with Crippen LogP contribution in [-0.2, 0) is 38.1 Å². The summed E-state index contributed by atoms with van der Waals surface area (Å²) >= 11 is 0. The van der Waals surface area contributed by atoms with E-state index in [1.54, 1.807) is 66.7 Å². The zero-order chi connectivity index (χ0) is 64.5. The minimum Gasteiger partial charge on any atom is -0.508 e. The molecule has 6 aromatic carbocycles. The summed E-state index contributed by atoms with van der Waals surface area (Å²) < 4.78 is 31.4. The average Bonchev–Trinajstić information content (AvgIpc) is 0.766. The molecule has 0 saturated heterocycles. The molecule has 2 aliphatic carbocycles. The number of benzene rings is 8. The lowest BCUT2D eigenvalue weighted by atomic mass is 9.90. The normalized spacial score (nSPS) is 10.9. The van der Waals surface area contributed by atoms with E-state index in [2.05, 4.69) is 29.2 Å². The fraction of sp³-hybridized carbons (Fsp3) is 0.211. The predicted molar refractivity (Wildman–Crippen MR) is 343 cm³/mol. The number of phenolic OH excluding ortho intramolecular Hbond substituents is 1. The lowest BCUT2D eigenvalue weighted by Gasteiger charge is -2.23. The molecule has 0 unspecified atom stereocenters. The minimum atomic E-state index is -0.672. The molecule has 4 aliphatic rings. The van der Waals surface area contributed by atoms with Crippen molar-refractivity contribution < 1.29 is 61.7 Å². The number of methoxy groups -OCH3 is 4. The van der Waals surface area contributed by atoms with Crippen LogP contribution in [0.4, 0.5) is 22.7 Å². The van der Waals surface area contributed by atoms with Crippen LogP contribution in [0.15, 0.2) is 176 Å². The lowest BCUT2D eigenvalue weighted by Crippen LogP contribution is -2.40. The highest BCUT2D eigenvalue weighted by atomic mass is 16.5. The number of anilines is 4. The zero-order valence-corrected chi connectivity index (χ0v) is 51.2. The Hall–Kier alpha value is -11.1. The van der Waals surface area contributed by atoms with Crippen LogP contribution in [0.5, 0.6) is 5.75 Å². The van der Waals surface area contributed by atoms with E-state index in [1.165, 1.54) is 63.2 Å². The highest BCUT2D eigenvalue weighted by Gasteiger charge is 2.27. The molecule has 0 saturated carbocycles. The van der Waals surface area contributed by atoms with E-state index in [0.29, 0.717) is 28.2 Å². The smallest absolute Gasteiger partial charge is 0.325 e. The van der Waals surface area contributed by atoms with Crippen LogP contribution in [0.2, 0.25) is 0 Å². The Balaban J connectivity index is 0.000000214. The van der Waals surface area contributed by atoms with Gasteiger partial charge in [-0.05, 0) is 152 Å². The molecule has 1 N–H and O–H groups in total. The number of phenols is 1. The van der Waals surface area contributed by atoms with Crippen molar-refractivity contribution in [3.63, 3.8) is 0 Å². The summed E-state index contributed by atoms with van der Waals surface area (Å²) in [6.07, 6.45) is -0.0104. The third-order valence-electron chi connectivity index (χ3n) is 15.6. The van der Waals surface area contributed by atoms with E-state index in [4.69, 9.17) is 27.8 Å². The second-order valence-corrected chi connectivity index (χ2v) is 21.4. The van der Waals surface area contributed by atoms with Crippen molar-refractivity contribution in [1.82, 2.24) is 9.80 Å². The largest absolute Gasteiger partial charge is 0.508 e. The number of amides is 2. The van der Waals surface area contributed by atoms with Crippen LogP contribution in [0, 0.1) is 20.8 Å². The Morgan fingerprint density at radius 3 is 1.20 bits per heavy atom. The van der Waals surface area contributed by atoms with Crippen molar-refractivity contribution >= 4 is 80.4 Å². The number of carbonyl (C=O) groups is 6. The van der Waals surface area contributed by atoms with Gasteiger partial charge >= 0.3 is 23.9 Å². The fourth-order valence-corrected chi connectivity index (χ4v) is 10.6. The van der Waals surface area contributed by atoms with E-state index >= 15 is 0 Å². The number of hydrogen-bond acceptors (Lipinski definition) is 17. The van der Waals surface area contributed by atoms with Gasteiger partial charge in [0.1, 0.15) is 41.5 Å². The summed E-state index contributed by atoms with van der Waals surface area (Å²) in [4.78, 5) is 106. The number of rotatable bonds is 18. The van der Waals surface area contributed by atoms with Gasteiger partial charge in [-0.1, -0.05) is 29.8 Å². The second kappa shape index (κ2) is 27.7. The molecular weight excluding hydrogens is 1150 g/mol. The van der Waals surface area contributed by atoms with Gasteiger partial charge in [0.05, 0.1) is 41.3 Å². The van der Waals surface area contributed by atoms with Crippen LogP contribution >= 0.6 is 0 Å². The Morgan fingerprint density at radius 1 is 0.422 bits per heavy atom. The highest BCUT2D eigenvalue weighted by Crippen LogP contribution is 2.45. The molecule has 0 radical (unpaired) electrons. The Kier molecular flexibility index (Phi) is 19.5. The molecule has 6 aromatic rings. The number of esters is 4. The van der Waals surface area contributed by atoms with E-state index in [9.17, 15) is 43.5 Å². The molecule has 0 atom stereocenters. The van der Waals surface area contributed by atoms with Crippen LogP contribution in [-0.4, -0.2) is 119 Å². The minimum absolute atomic E-state index is 0.00519. The maximum atomic E-state index is 13.6. The molecule has 0 aromatic heterocycles. The number of fused-ring (bicyclic) bond motifs is 4. The van der Waals surface area contributed by atoms with Gasteiger partial charge in [0.2, 0.25) is 0 Å². The molecule has 460 valence electrons. The summed E-state index contributed by atoms with van der Waals surface area (Å²) in [5, 5.41) is 11.3. The van der Waals surface area contributed by atoms with Crippen molar-refractivity contribution in [3.8, 4) is 50.7 Å². The standard InChI is InChI=1S/C37H36N2O7.C34H30N2O8/c1-23-6-9-26(10-7-23)38(3)27-11-14-30-32(21-27)46-33-22-28(40)12-15-31(33)36(30)29-13-8-25(20-24(29)2)37(43)39(18-16-34(41)44-4)19-17-35(42)45-5;1-20-15-21(34(41)36(18-31(39)42-3)19-32(40)43-4)5-12-26(20)33-27-13-8-23(35(2)22-6-9-24(37)10-7-22)16-29(27)44-30-17-25(38)11-14-28(30)33/h6-15,20-22H,16-19H2,1-5H3;5-17,37H,18-19H2,1-4H3. The Morgan fingerprint density at radius 2 is 0.800 bits per heavy atom. The molecule has 0 fully saturated rings. The number of carbonyl (C=O) groups excluding carboxylic acids is 6. The lowest BCUT2D eigenvalue weighted by molar-refractivity contribution is -0.145. The first-order valence-corrected chi connectivity index (χ1v) is 28.6. The number of ether oxygens (including phenoxy) is 4. The topological polar surface area (TPSA) is 233 Å². The summed E-state index contributed by atoms with van der Waals surface area (Å²) in [7, 11) is 8.87. The number of aromatic hydroxyl groups is 1. The average molecular weight is 1220 g/mol. The van der Waals surface area contributed by atoms with Gasteiger partial charge in [0.15, 0.2) is 10.9 Å². The van der Waals surface area contributed by atoms with Crippen molar-refractivity contribution in [3.05, 3.63) is 206 Å². The number of aryl methyl sites for hydroxylation is 3. The van der Waals surface area contributed by atoms with Crippen molar-refractivity contribution in [2.75, 3.05) is 78.5 Å². The van der Waals surface area contributed by atoms with Crippen LogP contribution in [0.1, 0.15) is 50.2 Å². The maximum Gasteiger partial charge on any atom is 0.325 e. The van der Waals surface area contributed by atoms with Gasteiger partial charge in [0, 0.05) is 118 Å². The SMILES string of the molecule is COC(=O)CCN(CCC(=O)OC)C(=O)c1ccc(-c2c3ccc(=O)cc-3oc3cc(N(C)c4ccc(C)cc4)ccc23)c(C)c1.COC(=O)CN(CC(=O)OC)C(=O)c1ccc(-c2c3ccc(=O)cc-3oc3cc(N(C)c4ccc(O)cc4)ccc23)c(C)c1. The molecular formula is C71H66N4O15. The van der Waals surface area contributed by atoms with Crippen molar-refractivity contribution in [2.45, 2.75) is 33.6 Å². The molecule has 90 heavy (non-hydrogen) atoms. The molecule has 0 bridgehead atoms. The van der Waals surface area contributed by atoms with Crippen LogP contribution in [0.25, 0.3) is 66.8 Å². The highest BCUT2D eigenvalue weighted by molar-refractivity contribution is 6.06. The maximum absolute atomic E-state index is 13.6. The third kappa shape index (κ3) is 14.2. The fourth-order valence-electron chi connectivity index (χ4n) is 10.6. The number of hydrogen-bond donors (Lipinski definition) is 1. The van der Waals surface area contributed by atoms with Gasteiger partial charge < -0.3 is 52.5 Å². The van der Waals surface area contributed by atoms with Crippen molar-refractivity contribution in [1.29, 1.82) is 0 Å². The van der Waals surface area contributed by atoms with Gasteiger partial charge in [-0.3, -0.25) is 38.4 Å². The van der Waals surface area contributed by atoms with E-state index in [1.807, 2.05) is 82.2 Å². The Labute approximate surface area is 518 Å². The number of nitrogens with zero attached hydrogens (tertiary/aromatic N) is 4. The van der Waals surface area contributed by atoms with E-state index < -0.39 is 42.9 Å². The van der Waals surface area contributed by atoms with Gasteiger partial charge in [-0.2, -0.15) is 0 Å². The quantitative estimate of drug-likeness (QED) is 0.0478. The molecule has 2 amide bonds. The van der Waals surface area contributed by atoms with Crippen molar-refractivity contribution in [2.24, 2.45) is 0 Å². The first-order chi connectivity index (χ1) is 43.2. The summed E-state index contributed by atoms with van der Waals surface area (Å²) in [5.41, 5.74) is 12.7. The van der Waals surface area contributed by atoms with E-state index in [0.717, 1.165) is 82.9 Å². The van der Waals surface area contributed by atoms with Gasteiger partial charge in [0.25, 0.3) is 11.8 Å². The molecule has 19 nitrogen and oxygen atoms in total. The van der Waals surface area contributed by atoms with Crippen LogP contribution in [0.3, 0.4) is 0 Å².